The normalized spacial score (nSPS) is 10.2. The number of aryl methyl sites for hydroxylation is 1. The Morgan fingerprint density at radius 1 is 1.25 bits per heavy atom. The molecule has 1 rings (SSSR count). The zero-order valence-corrected chi connectivity index (χ0v) is 8.79. The van der Waals surface area contributed by atoms with Crippen LogP contribution in [0.15, 0.2) is 24.3 Å². The number of rotatable bonds is 4. The van der Waals surface area contributed by atoms with E-state index in [0.29, 0.717) is 0 Å². The Bertz CT molecular complexity index is 218. The summed E-state index contributed by atoms with van der Waals surface area (Å²) in [6.07, 6.45) is 1.15. The molecule has 0 saturated carbocycles. The van der Waals surface area contributed by atoms with Crippen molar-refractivity contribution < 1.29 is 0 Å². The van der Waals surface area contributed by atoms with Crippen LogP contribution in [0.1, 0.15) is 12.5 Å². The lowest BCUT2D eigenvalue weighted by Gasteiger charge is -1.99. The number of hydrogen-bond acceptors (Lipinski definition) is 1. The van der Waals surface area contributed by atoms with E-state index in [1.165, 1.54) is 17.1 Å². The molecule has 0 atom stereocenters. The molecule has 66 valence electrons. The second-order valence-electron chi connectivity index (χ2n) is 2.57. The van der Waals surface area contributed by atoms with Gasteiger partial charge in [-0.3, -0.25) is 0 Å². The van der Waals surface area contributed by atoms with E-state index in [4.69, 9.17) is 11.6 Å². The molecule has 0 unspecified atom stereocenters. The Morgan fingerprint density at radius 3 is 2.50 bits per heavy atom. The van der Waals surface area contributed by atoms with Gasteiger partial charge in [0.25, 0.3) is 0 Å². The van der Waals surface area contributed by atoms with Gasteiger partial charge in [-0.05, 0) is 35.6 Å². The molecule has 0 fully saturated rings. The zero-order chi connectivity index (χ0) is 8.81. The molecule has 0 aromatic heterocycles. The largest absolute Gasteiger partial charge is 0.162 e. The van der Waals surface area contributed by atoms with Gasteiger partial charge in [0.2, 0.25) is 0 Å². The van der Waals surface area contributed by atoms with Crippen LogP contribution in [0.25, 0.3) is 0 Å². The van der Waals surface area contributed by atoms with Crippen LogP contribution in [0.2, 0.25) is 5.02 Å². The Labute approximate surface area is 83.3 Å². The molecule has 0 bridgehead atoms. The molecule has 0 spiro atoms. The molecule has 0 aliphatic carbocycles. The van der Waals surface area contributed by atoms with Crippen LogP contribution in [0.5, 0.6) is 0 Å². The predicted molar refractivity (Wildman–Crippen MR) is 58.2 cm³/mol. The molecular weight excluding hydrogens is 188 g/mol. The molecule has 0 nitrogen and oxygen atoms in total. The third-order valence-corrected chi connectivity index (χ3v) is 2.81. The molecule has 0 saturated heterocycles. The second-order valence-corrected chi connectivity index (χ2v) is 4.40. The van der Waals surface area contributed by atoms with E-state index in [9.17, 15) is 0 Å². The first kappa shape index (κ1) is 9.94. The minimum atomic E-state index is 0.821. The number of benzene rings is 1. The van der Waals surface area contributed by atoms with Gasteiger partial charge in [0.1, 0.15) is 0 Å². The molecule has 2 heteroatoms. The Balaban J connectivity index is 2.37. The van der Waals surface area contributed by atoms with Crippen molar-refractivity contribution in [1.82, 2.24) is 0 Å². The van der Waals surface area contributed by atoms with Crippen molar-refractivity contribution >= 4 is 23.4 Å². The van der Waals surface area contributed by atoms with Crippen molar-refractivity contribution in [3.8, 4) is 0 Å². The van der Waals surface area contributed by atoms with Crippen LogP contribution < -0.4 is 0 Å². The maximum atomic E-state index is 5.77. The summed E-state index contributed by atoms with van der Waals surface area (Å²) in [7, 11) is 0. The number of halogens is 1. The van der Waals surface area contributed by atoms with Gasteiger partial charge in [0.15, 0.2) is 0 Å². The summed E-state index contributed by atoms with van der Waals surface area (Å²) in [5, 5.41) is 0.821. The molecule has 0 N–H and O–H groups in total. The van der Waals surface area contributed by atoms with Gasteiger partial charge < -0.3 is 0 Å². The van der Waals surface area contributed by atoms with Gasteiger partial charge >= 0.3 is 0 Å². The molecule has 0 radical (unpaired) electrons. The lowest BCUT2D eigenvalue weighted by Crippen LogP contribution is -1.87. The minimum Gasteiger partial charge on any atom is -0.162 e. The molecule has 0 aliphatic rings. The number of hydrogen-bond donors (Lipinski definition) is 0. The van der Waals surface area contributed by atoms with Crippen LogP contribution in [0.4, 0.5) is 0 Å². The second kappa shape index (κ2) is 5.50. The van der Waals surface area contributed by atoms with E-state index in [1.807, 2.05) is 23.9 Å². The molecule has 0 amide bonds. The quantitative estimate of drug-likeness (QED) is 0.669. The Morgan fingerprint density at radius 2 is 1.92 bits per heavy atom. The van der Waals surface area contributed by atoms with E-state index in [0.717, 1.165) is 11.4 Å². The molecule has 12 heavy (non-hydrogen) atoms. The van der Waals surface area contributed by atoms with Crippen LogP contribution in [0.3, 0.4) is 0 Å². The average molecular weight is 201 g/mol. The van der Waals surface area contributed by atoms with E-state index < -0.39 is 0 Å². The van der Waals surface area contributed by atoms with Crippen LogP contribution in [0, 0.1) is 0 Å². The van der Waals surface area contributed by atoms with Gasteiger partial charge in [0.05, 0.1) is 0 Å². The zero-order valence-electron chi connectivity index (χ0n) is 7.22. The van der Waals surface area contributed by atoms with E-state index >= 15 is 0 Å². The lowest BCUT2D eigenvalue weighted by atomic mass is 10.2. The third-order valence-electron chi connectivity index (χ3n) is 1.65. The minimum absolute atomic E-state index is 0.821. The van der Waals surface area contributed by atoms with Gasteiger partial charge in [0, 0.05) is 5.02 Å². The highest BCUT2D eigenvalue weighted by Crippen LogP contribution is 2.11. The first-order valence-corrected chi connectivity index (χ1v) is 5.68. The fraction of sp³-hybridized carbons (Fsp3) is 0.400. The number of thioether (sulfide) groups is 1. The van der Waals surface area contributed by atoms with E-state index in [1.54, 1.807) is 0 Å². The summed E-state index contributed by atoms with van der Waals surface area (Å²) >= 11 is 7.74. The van der Waals surface area contributed by atoms with E-state index in [2.05, 4.69) is 19.1 Å². The standard InChI is InChI=1S/C10H13ClS/c1-2-12-8-7-9-3-5-10(11)6-4-9/h3-6H,2,7-8H2,1H3. The summed E-state index contributed by atoms with van der Waals surface area (Å²) in [6.45, 7) is 2.19. The van der Waals surface area contributed by atoms with Crippen molar-refractivity contribution in [2.45, 2.75) is 13.3 Å². The first-order chi connectivity index (χ1) is 5.83. The monoisotopic (exact) mass is 200 g/mol. The molecule has 0 heterocycles. The maximum Gasteiger partial charge on any atom is 0.0406 e. The summed E-state index contributed by atoms with van der Waals surface area (Å²) in [5.74, 6) is 2.41. The van der Waals surface area contributed by atoms with Gasteiger partial charge in [-0.15, -0.1) is 0 Å². The van der Waals surface area contributed by atoms with Crippen LogP contribution >= 0.6 is 23.4 Å². The van der Waals surface area contributed by atoms with Crippen molar-refractivity contribution in [2.24, 2.45) is 0 Å². The summed E-state index contributed by atoms with van der Waals surface area (Å²) in [5.41, 5.74) is 1.38. The third kappa shape index (κ3) is 3.51. The molecule has 0 aliphatic heterocycles. The highest BCUT2D eigenvalue weighted by atomic mass is 35.5. The van der Waals surface area contributed by atoms with Crippen LogP contribution in [-0.4, -0.2) is 11.5 Å². The highest BCUT2D eigenvalue weighted by molar-refractivity contribution is 7.99. The predicted octanol–water partition coefficient (Wildman–Crippen LogP) is 3.64. The van der Waals surface area contributed by atoms with Crippen molar-refractivity contribution in [1.29, 1.82) is 0 Å². The molecular formula is C10H13ClS. The lowest BCUT2D eigenvalue weighted by molar-refractivity contribution is 1.16. The van der Waals surface area contributed by atoms with Gasteiger partial charge in [-0.1, -0.05) is 30.7 Å². The topological polar surface area (TPSA) is 0 Å². The Hall–Kier alpha value is -0.140. The Kier molecular flexibility index (Phi) is 4.55. The highest BCUT2D eigenvalue weighted by Gasteiger charge is 1.92. The summed E-state index contributed by atoms with van der Waals surface area (Å²) in [4.78, 5) is 0. The maximum absolute atomic E-state index is 5.77. The van der Waals surface area contributed by atoms with Crippen LogP contribution in [-0.2, 0) is 6.42 Å². The molecule has 1 aromatic rings. The van der Waals surface area contributed by atoms with Crippen molar-refractivity contribution in [2.75, 3.05) is 11.5 Å². The fourth-order valence-electron chi connectivity index (χ4n) is 0.985. The van der Waals surface area contributed by atoms with Crippen molar-refractivity contribution in [3.05, 3.63) is 34.9 Å². The summed E-state index contributed by atoms with van der Waals surface area (Å²) < 4.78 is 0. The van der Waals surface area contributed by atoms with Crippen molar-refractivity contribution in [3.63, 3.8) is 0 Å². The smallest absolute Gasteiger partial charge is 0.0406 e. The molecule has 1 aromatic carbocycles. The fourth-order valence-corrected chi connectivity index (χ4v) is 1.78. The summed E-state index contributed by atoms with van der Waals surface area (Å²) in [6, 6.07) is 8.10. The van der Waals surface area contributed by atoms with E-state index in [-0.39, 0.29) is 0 Å². The van der Waals surface area contributed by atoms with Gasteiger partial charge in [-0.25, -0.2) is 0 Å². The van der Waals surface area contributed by atoms with Gasteiger partial charge in [-0.2, -0.15) is 11.8 Å². The SMILES string of the molecule is CCSCCc1ccc(Cl)cc1. The average Bonchev–Trinajstić information content (AvgIpc) is 2.09. The first-order valence-electron chi connectivity index (χ1n) is 4.15.